The number of hydrogen-bond donors (Lipinski definition) is 1. The summed E-state index contributed by atoms with van der Waals surface area (Å²) in [5.74, 6) is 1.15. The van der Waals surface area contributed by atoms with Crippen molar-refractivity contribution in [1.29, 1.82) is 0 Å². The highest BCUT2D eigenvalue weighted by Crippen LogP contribution is 2.28. The Bertz CT molecular complexity index is 1160. The summed E-state index contributed by atoms with van der Waals surface area (Å²) in [6.07, 6.45) is 8.48. The third-order valence-corrected chi connectivity index (χ3v) is 6.30. The molecule has 3 aromatic rings. The smallest absolute Gasteiger partial charge is 0.323 e. The highest BCUT2D eigenvalue weighted by molar-refractivity contribution is 5.92. The molecular formula is C27H36N6O2. The van der Waals surface area contributed by atoms with Gasteiger partial charge in [0, 0.05) is 37.5 Å². The van der Waals surface area contributed by atoms with Crippen molar-refractivity contribution in [2.75, 3.05) is 38.2 Å². The number of fused-ring (bicyclic) bond motifs is 1. The van der Waals surface area contributed by atoms with Gasteiger partial charge in [-0.1, -0.05) is 12.5 Å². The molecule has 0 spiro atoms. The molecule has 0 atom stereocenters. The van der Waals surface area contributed by atoms with Gasteiger partial charge in [-0.05, 0) is 76.4 Å². The average Bonchev–Trinajstić information content (AvgIpc) is 2.86. The zero-order chi connectivity index (χ0) is 24.8. The Morgan fingerprint density at radius 3 is 2.66 bits per heavy atom. The van der Waals surface area contributed by atoms with Crippen LogP contribution in [0.25, 0.3) is 22.2 Å². The summed E-state index contributed by atoms with van der Waals surface area (Å²) in [6.45, 7) is 10.1. The van der Waals surface area contributed by atoms with Crippen molar-refractivity contribution in [3.63, 3.8) is 0 Å². The maximum Gasteiger partial charge on any atom is 0.323 e. The quantitative estimate of drug-likeness (QED) is 0.470. The van der Waals surface area contributed by atoms with E-state index in [1.807, 2.05) is 44.3 Å². The number of likely N-dealkylation sites (tertiary alicyclic amines) is 1. The zero-order valence-electron chi connectivity index (χ0n) is 21.3. The van der Waals surface area contributed by atoms with Crippen LogP contribution in [0.1, 0.15) is 45.1 Å². The van der Waals surface area contributed by atoms with Crippen molar-refractivity contribution in [2.45, 2.75) is 52.5 Å². The molecular weight excluding hydrogens is 440 g/mol. The molecule has 0 bridgehead atoms. The second-order valence-corrected chi connectivity index (χ2v) is 9.54. The number of carbonyl (C=O) groups is 1. The SMILES string of the molecule is Cc1cc(OCCCN2CCCCC2)ncc1-c1ccc2ncc(N(C)C(=O)NC(C)C)nc2c1. The second kappa shape index (κ2) is 11.4. The van der Waals surface area contributed by atoms with Gasteiger partial charge >= 0.3 is 6.03 Å². The first-order valence-corrected chi connectivity index (χ1v) is 12.5. The molecule has 35 heavy (non-hydrogen) atoms. The lowest BCUT2D eigenvalue weighted by Crippen LogP contribution is -2.41. The molecule has 0 radical (unpaired) electrons. The number of urea groups is 1. The Morgan fingerprint density at radius 2 is 1.91 bits per heavy atom. The van der Waals surface area contributed by atoms with E-state index in [4.69, 9.17) is 4.74 Å². The zero-order valence-corrected chi connectivity index (χ0v) is 21.3. The summed E-state index contributed by atoms with van der Waals surface area (Å²) < 4.78 is 5.93. The van der Waals surface area contributed by atoms with Gasteiger partial charge in [0.1, 0.15) is 0 Å². The fourth-order valence-corrected chi connectivity index (χ4v) is 4.34. The van der Waals surface area contributed by atoms with Crippen LogP contribution in [0.5, 0.6) is 5.88 Å². The van der Waals surface area contributed by atoms with Crippen molar-refractivity contribution >= 4 is 22.9 Å². The van der Waals surface area contributed by atoms with Gasteiger partial charge in [0.25, 0.3) is 0 Å². The van der Waals surface area contributed by atoms with Crippen LogP contribution < -0.4 is 15.0 Å². The van der Waals surface area contributed by atoms with Gasteiger partial charge in [0.2, 0.25) is 5.88 Å². The molecule has 2 amide bonds. The minimum absolute atomic E-state index is 0.0436. The van der Waals surface area contributed by atoms with Gasteiger partial charge in [0.15, 0.2) is 5.82 Å². The number of carbonyl (C=O) groups excluding carboxylic acids is 1. The van der Waals surface area contributed by atoms with Gasteiger partial charge in [0.05, 0.1) is 23.8 Å². The van der Waals surface area contributed by atoms with Gasteiger partial charge < -0.3 is 15.0 Å². The molecule has 0 unspecified atom stereocenters. The summed E-state index contributed by atoms with van der Waals surface area (Å²) in [5, 5.41) is 2.87. The highest BCUT2D eigenvalue weighted by Gasteiger charge is 2.15. The first-order chi connectivity index (χ1) is 16.9. The van der Waals surface area contributed by atoms with Crippen LogP contribution in [0, 0.1) is 6.92 Å². The summed E-state index contributed by atoms with van der Waals surface area (Å²) >= 11 is 0. The van der Waals surface area contributed by atoms with E-state index in [2.05, 4.69) is 32.1 Å². The number of benzene rings is 1. The number of ether oxygens (including phenoxy) is 1. The van der Waals surface area contributed by atoms with E-state index in [1.54, 1.807) is 13.2 Å². The molecule has 2 aromatic heterocycles. The number of piperidine rings is 1. The number of rotatable bonds is 8. The maximum absolute atomic E-state index is 12.4. The molecule has 8 nitrogen and oxygen atoms in total. The molecule has 1 aliphatic rings. The van der Waals surface area contributed by atoms with E-state index < -0.39 is 0 Å². The third kappa shape index (κ3) is 6.45. The molecule has 1 aromatic carbocycles. The molecule has 0 saturated carbocycles. The molecule has 1 aliphatic heterocycles. The second-order valence-electron chi connectivity index (χ2n) is 9.54. The standard InChI is InChI=1S/C27H36N6O2/c1-19(2)30-27(34)32(4)25-18-28-23-10-9-21(16-24(23)31-25)22-17-29-26(15-20(22)3)35-14-8-13-33-11-6-5-7-12-33/h9-10,15-19H,5-8,11-14H2,1-4H3,(H,30,34). The molecule has 186 valence electrons. The monoisotopic (exact) mass is 476 g/mol. The fraction of sp³-hybridized carbons (Fsp3) is 0.481. The predicted molar refractivity (Wildman–Crippen MR) is 140 cm³/mol. The van der Waals surface area contributed by atoms with Crippen LogP contribution in [-0.2, 0) is 0 Å². The van der Waals surface area contributed by atoms with Crippen LogP contribution in [-0.4, -0.2) is 65.2 Å². The first-order valence-electron chi connectivity index (χ1n) is 12.5. The normalized spacial score (nSPS) is 14.3. The van der Waals surface area contributed by atoms with Crippen LogP contribution in [0.2, 0.25) is 0 Å². The lowest BCUT2D eigenvalue weighted by atomic mass is 10.0. The van der Waals surface area contributed by atoms with Crippen molar-refractivity contribution in [3.8, 4) is 17.0 Å². The van der Waals surface area contributed by atoms with Gasteiger partial charge in [-0.15, -0.1) is 0 Å². The largest absolute Gasteiger partial charge is 0.478 e. The van der Waals surface area contributed by atoms with Crippen LogP contribution in [0.15, 0.2) is 36.7 Å². The number of amides is 2. The highest BCUT2D eigenvalue weighted by atomic mass is 16.5. The van der Waals surface area contributed by atoms with E-state index in [-0.39, 0.29) is 12.1 Å². The lowest BCUT2D eigenvalue weighted by molar-refractivity contribution is 0.203. The lowest BCUT2D eigenvalue weighted by Gasteiger charge is -2.26. The van der Waals surface area contributed by atoms with Gasteiger partial charge in [-0.3, -0.25) is 9.88 Å². The Labute approximate surface area is 207 Å². The summed E-state index contributed by atoms with van der Waals surface area (Å²) in [4.78, 5) is 30.1. The van der Waals surface area contributed by atoms with Crippen LogP contribution in [0.3, 0.4) is 0 Å². The average molecular weight is 477 g/mol. The van der Waals surface area contributed by atoms with Crippen LogP contribution >= 0.6 is 0 Å². The Hall–Kier alpha value is -3.26. The molecule has 8 heteroatoms. The number of anilines is 1. The Morgan fingerprint density at radius 1 is 1.11 bits per heavy atom. The molecule has 1 saturated heterocycles. The Kier molecular flexibility index (Phi) is 8.13. The van der Waals surface area contributed by atoms with Crippen molar-refractivity contribution in [3.05, 3.63) is 42.2 Å². The van der Waals surface area contributed by atoms with Crippen molar-refractivity contribution in [1.82, 2.24) is 25.2 Å². The topological polar surface area (TPSA) is 83.5 Å². The number of aryl methyl sites for hydroxylation is 1. The minimum Gasteiger partial charge on any atom is -0.478 e. The van der Waals surface area contributed by atoms with E-state index in [0.717, 1.165) is 40.7 Å². The van der Waals surface area contributed by atoms with Crippen molar-refractivity contribution < 1.29 is 9.53 Å². The molecule has 4 rings (SSSR count). The van der Waals surface area contributed by atoms with E-state index in [9.17, 15) is 4.79 Å². The fourth-order valence-electron chi connectivity index (χ4n) is 4.34. The van der Waals surface area contributed by atoms with Crippen LogP contribution in [0.4, 0.5) is 10.6 Å². The number of nitrogens with zero attached hydrogens (tertiary/aromatic N) is 5. The van der Waals surface area contributed by atoms with E-state index in [0.29, 0.717) is 18.3 Å². The van der Waals surface area contributed by atoms with Gasteiger partial charge in [-0.25, -0.2) is 14.8 Å². The first kappa shape index (κ1) is 24.9. The molecule has 1 N–H and O–H groups in total. The predicted octanol–water partition coefficient (Wildman–Crippen LogP) is 4.81. The molecule has 0 aliphatic carbocycles. The van der Waals surface area contributed by atoms with Gasteiger partial charge in [-0.2, -0.15) is 0 Å². The third-order valence-electron chi connectivity index (χ3n) is 6.30. The summed E-state index contributed by atoms with van der Waals surface area (Å²) in [7, 11) is 1.69. The number of pyridine rings is 1. The van der Waals surface area contributed by atoms with E-state index >= 15 is 0 Å². The Balaban J connectivity index is 1.43. The number of aromatic nitrogens is 3. The number of nitrogens with one attached hydrogen (secondary N) is 1. The van der Waals surface area contributed by atoms with E-state index in [1.165, 1.54) is 37.3 Å². The van der Waals surface area contributed by atoms with Crippen molar-refractivity contribution in [2.24, 2.45) is 0 Å². The molecule has 1 fully saturated rings. The number of hydrogen-bond acceptors (Lipinski definition) is 6. The maximum atomic E-state index is 12.4. The summed E-state index contributed by atoms with van der Waals surface area (Å²) in [6, 6.07) is 7.78. The minimum atomic E-state index is -0.212. The summed E-state index contributed by atoms with van der Waals surface area (Å²) in [5.41, 5.74) is 4.60. The molecule has 3 heterocycles.